The van der Waals surface area contributed by atoms with Crippen LogP contribution in [0.4, 0.5) is 13.2 Å². The number of halogens is 3. The normalized spacial score (nSPS) is 13.6. The van der Waals surface area contributed by atoms with Gasteiger partial charge in [-0.3, -0.25) is 4.99 Å². The largest absolute Gasteiger partial charge is 0.390 e. The average molecular weight is 268 g/mol. The van der Waals surface area contributed by atoms with Gasteiger partial charge in [0.1, 0.15) is 0 Å². The fourth-order valence-electron chi connectivity index (χ4n) is 1.16. The van der Waals surface area contributed by atoms with Gasteiger partial charge < -0.3 is 16.0 Å². The second-order valence-electron chi connectivity index (χ2n) is 4.97. The van der Waals surface area contributed by atoms with Gasteiger partial charge in [0.15, 0.2) is 5.96 Å². The minimum Gasteiger partial charge on any atom is -0.356 e. The molecular formula is C11H23F3N4. The van der Waals surface area contributed by atoms with Crippen molar-refractivity contribution in [2.75, 3.05) is 26.7 Å². The zero-order valence-electron chi connectivity index (χ0n) is 11.4. The molecule has 0 aromatic heterocycles. The molecule has 0 aromatic rings. The molecule has 0 rings (SSSR count). The predicted octanol–water partition coefficient (Wildman–Crippen LogP) is 1.49. The molecule has 0 spiro atoms. The van der Waals surface area contributed by atoms with Gasteiger partial charge in [-0.25, -0.2) is 0 Å². The Labute approximate surface area is 106 Å². The number of alkyl halides is 3. The maximum atomic E-state index is 11.9. The van der Waals surface area contributed by atoms with Gasteiger partial charge in [0.25, 0.3) is 0 Å². The molecule has 0 saturated heterocycles. The molecule has 7 heteroatoms. The van der Waals surface area contributed by atoms with Crippen molar-refractivity contribution in [3.63, 3.8) is 0 Å². The van der Waals surface area contributed by atoms with E-state index in [2.05, 4.69) is 20.9 Å². The van der Waals surface area contributed by atoms with Gasteiger partial charge in [-0.15, -0.1) is 0 Å². The van der Waals surface area contributed by atoms with Crippen LogP contribution in [0.1, 0.15) is 27.2 Å². The third kappa shape index (κ3) is 11.5. The first-order valence-electron chi connectivity index (χ1n) is 5.90. The first kappa shape index (κ1) is 17.0. The fourth-order valence-corrected chi connectivity index (χ4v) is 1.16. The number of nitrogens with zero attached hydrogens (tertiary/aromatic N) is 1. The first-order valence-corrected chi connectivity index (χ1v) is 5.90. The van der Waals surface area contributed by atoms with Crippen molar-refractivity contribution in [3.8, 4) is 0 Å². The van der Waals surface area contributed by atoms with Crippen LogP contribution in [-0.4, -0.2) is 44.4 Å². The van der Waals surface area contributed by atoms with E-state index in [1.54, 1.807) is 0 Å². The van der Waals surface area contributed by atoms with Crippen LogP contribution in [0.15, 0.2) is 4.99 Å². The summed E-state index contributed by atoms with van der Waals surface area (Å²) < 4.78 is 35.8. The molecule has 0 bridgehead atoms. The van der Waals surface area contributed by atoms with Crippen LogP contribution < -0.4 is 16.0 Å². The number of hydrogen-bond donors (Lipinski definition) is 3. The standard InChI is InChI=1S/C11H23F3N4/c1-10(2,3)18-8-7-17-9(15-4)16-6-5-11(12,13)14/h18H,5-8H2,1-4H3,(H2,15,16,17). The van der Waals surface area contributed by atoms with Crippen LogP contribution in [0, 0.1) is 0 Å². The van der Waals surface area contributed by atoms with Gasteiger partial charge in [-0.2, -0.15) is 13.2 Å². The second-order valence-corrected chi connectivity index (χ2v) is 4.97. The Morgan fingerprint density at radius 3 is 2.00 bits per heavy atom. The van der Waals surface area contributed by atoms with E-state index >= 15 is 0 Å². The van der Waals surface area contributed by atoms with E-state index in [0.29, 0.717) is 19.0 Å². The average Bonchev–Trinajstić information content (AvgIpc) is 2.18. The number of guanidine groups is 1. The molecular weight excluding hydrogens is 245 g/mol. The maximum absolute atomic E-state index is 11.9. The van der Waals surface area contributed by atoms with E-state index in [1.807, 2.05) is 20.8 Å². The molecule has 0 atom stereocenters. The molecule has 0 radical (unpaired) electrons. The highest BCUT2D eigenvalue weighted by molar-refractivity contribution is 5.79. The molecule has 0 unspecified atom stereocenters. The van der Waals surface area contributed by atoms with Crippen molar-refractivity contribution < 1.29 is 13.2 Å². The summed E-state index contributed by atoms with van der Waals surface area (Å²) in [7, 11) is 1.53. The third-order valence-corrected chi connectivity index (χ3v) is 2.00. The van der Waals surface area contributed by atoms with E-state index in [4.69, 9.17) is 0 Å². The van der Waals surface area contributed by atoms with Crippen LogP contribution in [-0.2, 0) is 0 Å². The second kappa shape index (κ2) is 7.45. The molecule has 0 saturated carbocycles. The molecule has 4 nitrogen and oxygen atoms in total. The summed E-state index contributed by atoms with van der Waals surface area (Å²) in [5.74, 6) is 0.384. The Morgan fingerprint density at radius 1 is 1.00 bits per heavy atom. The maximum Gasteiger partial charge on any atom is 0.390 e. The highest BCUT2D eigenvalue weighted by Crippen LogP contribution is 2.17. The van der Waals surface area contributed by atoms with E-state index in [0.717, 1.165) is 0 Å². The minimum atomic E-state index is -4.14. The molecule has 0 fully saturated rings. The lowest BCUT2D eigenvalue weighted by Crippen LogP contribution is -2.45. The molecule has 0 aliphatic heterocycles. The van der Waals surface area contributed by atoms with Crippen LogP contribution in [0.2, 0.25) is 0 Å². The number of rotatable bonds is 5. The van der Waals surface area contributed by atoms with Gasteiger partial charge in [0.2, 0.25) is 0 Å². The van der Waals surface area contributed by atoms with Crippen molar-refractivity contribution in [1.29, 1.82) is 0 Å². The Kier molecular flexibility index (Phi) is 7.05. The summed E-state index contributed by atoms with van der Waals surface area (Å²) in [6, 6.07) is 0. The summed E-state index contributed by atoms with van der Waals surface area (Å²) in [5, 5.41) is 8.81. The van der Waals surface area contributed by atoms with Crippen molar-refractivity contribution in [2.45, 2.75) is 38.9 Å². The summed E-state index contributed by atoms with van der Waals surface area (Å²) in [4.78, 5) is 3.84. The molecule has 0 aliphatic rings. The number of hydrogen-bond acceptors (Lipinski definition) is 2. The molecule has 0 heterocycles. The third-order valence-electron chi connectivity index (χ3n) is 2.00. The summed E-state index contributed by atoms with van der Waals surface area (Å²) in [6.07, 6.45) is -5.01. The van der Waals surface area contributed by atoms with Gasteiger partial charge in [0, 0.05) is 32.2 Å². The van der Waals surface area contributed by atoms with Crippen LogP contribution in [0.5, 0.6) is 0 Å². The Balaban J connectivity index is 3.73. The van der Waals surface area contributed by atoms with Crippen LogP contribution >= 0.6 is 0 Å². The van der Waals surface area contributed by atoms with Crippen LogP contribution in [0.3, 0.4) is 0 Å². The van der Waals surface area contributed by atoms with Crippen molar-refractivity contribution in [2.24, 2.45) is 4.99 Å². The lowest BCUT2D eigenvalue weighted by Gasteiger charge is -2.21. The van der Waals surface area contributed by atoms with Crippen molar-refractivity contribution in [1.82, 2.24) is 16.0 Å². The van der Waals surface area contributed by atoms with Crippen LogP contribution in [0.25, 0.3) is 0 Å². The number of aliphatic imine (C=N–C) groups is 1. The number of nitrogens with one attached hydrogen (secondary N) is 3. The van der Waals surface area contributed by atoms with Gasteiger partial charge in [-0.1, -0.05) is 0 Å². The highest BCUT2D eigenvalue weighted by atomic mass is 19.4. The predicted molar refractivity (Wildman–Crippen MR) is 67.8 cm³/mol. The molecule has 0 aliphatic carbocycles. The Hall–Kier alpha value is -0.980. The first-order chi connectivity index (χ1) is 8.14. The molecule has 108 valence electrons. The van der Waals surface area contributed by atoms with Crippen molar-refractivity contribution in [3.05, 3.63) is 0 Å². The highest BCUT2D eigenvalue weighted by Gasteiger charge is 2.26. The Bertz CT molecular complexity index is 256. The van der Waals surface area contributed by atoms with E-state index < -0.39 is 12.6 Å². The van der Waals surface area contributed by atoms with Crippen molar-refractivity contribution >= 4 is 5.96 Å². The van der Waals surface area contributed by atoms with Gasteiger partial charge in [-0.05, 0) is 20.8 Å². The van der Waals surface area contributed by atoms with Gasteiger partial charge >= 0.3 is 6.18 Å². The Morgan fingerprint density at radius 2 is 1.56 bits per heavy atom. The fraction of sp³-hybridized carbons (Fsp3) is 0.909. The minimum absolute atomic E-state index is 0.0227. The van der Waals surface area contributed by atoms with E-state index in [-0.39, 0.29) is 12.1 Å². The lowest BCUT2D eigenvalue weighted by atomic mass is 10.1. The molecule has 0 aromatic carbocycles. The monoisotopic (exact) mass is 268 g/mol. The summed E-state index contributed by atoms with van der Waals surface area (Å²) in [5.41, 5.74) is 0.0227. The zero-order valence-corrected chi connectivity index (χ0v) is 11.4. The smallest absolute Gasteiger partial charge is 0.356 e. The zero-order chi connectivity index (χ0) is 14.2. The molecule has 0 amide bonds. The van der Waals surface area contributed by atoms with E-state index in [1.165, 1.54) is 7.05 Å². The molecule has 18 heavy (non-hydrogen) atoms. The van der Waals surface area contributed by atoms with Gasteiger partial charge in [0.05, 0.1) is 6.42 Å². The lowest BCUT2D eigenvalue weighted by molar-refractivity contribution is -0.132. The SMILES string of the molecule is CN=C(NCCNC(C)(C)C)NCCC(F)(F)F. The molecule has 3 N–H and O–H groups in total. The summed E-state index contributed by atoms with van der Waals surface area (Å²) >= 11 is 0. The topological polar surface area (TPSA) is 48.5 Å². The quantitative estimate of drug-likeness (QED) is 0.402. The summed E-state index contributed by atoms with van der Waals surface area (Å²) in [6.45, 7) is 7.28. The van der Waals surface area contributed by atoms with E-state index in [9.17, 15) is 13.2 Å².